The molecule has 0 bridgehead atoms. The fourth-order valence-corrected chi connectivity index (χ4v) is 11.5. The zero-order valence-corrected chi connectivity index (χ0v) is 32.8. The highest BCUT2D eigenvalue weighted by atomic mass is 32.2. The standard InChI is InChI=1S/C41H57F3O7S/c1-9-49-35(45)25-40-30-18-19-32-37(5,6)33(50-36(46)28-16-11-10-12-17-28)21-22-38(32,7)29(30)20-23-39(40,8)31(27(4)15-13-14-26(2)3)24-34(40)51-52(47,48)41(42,43)44/h10-12,16-17,24,26-27,31-33H,9,13-15,18-23,25H2,1-8H3/t27-,31-,32?,33+,38-,39-,40-/m1/s1. The number of carbonyl (C=O) groups excluding carboxylic acids is 2. The molecule has 4 aliphatic rings. The van der Waals surface area contributed by atoms with Crippen LogP contribution in [0.15, 0.2) is 53.3 Å². The molecule has 1 saturated carbocycles. The maximum atomic E-state index is 14.1. The van der Waals surface area contributed by atoms with Crippen molar-refractivity contribution < 1.29 is 44.8 Å². The van der Waals surface area contributed by atoms with Gasteiger partial charge in [0.05, 0.1) is 24.0 Å². The first-order valence-corrected chi connectivity index (χ1v) is 20.4. The second kappa shape index (κ2) is 14.4. The Morgan fingerprint density at radius 2 is 1.62 bits per heavy atom. The first-order chi connectivity index (χ1) is 24.2. The van der Waals surface area contributed by atoms with E-state index in [1.807, 2.05) is 13.0 Å². The van der Waals surface area contributed by atoms with Gasteiger partial charge in [-0.2, -0.15) is 21.6 Å². The molecule has 1 aromatic rings. The van der Waals surface area contributed by atoms with Gasteiger partial charge in [-0.1, -0.05) is 97.1 Å². The van der Waals surface area contributed by atoms with Crippen molar-refractivity contribution in [1.29, 1.82) is 0 Å². The van der Waals surface area contributed by atoms with E-state index in [2.05, 4.69) is 41.5 Å². The van der Waals surface area contributed by atoms with Crippen LogP contribution in [0.25, 0.3) is 0 Å². The maximum absolute atomic E-state index is 14.1. The minimum Gasteiger partial charge on any atom is -0.466 e. The molecule has 0 spiro atoms. The van der Waals surface area contributed by atoms with E-state index in [4.69, 9.17) is 13.7 Å². The van der Waals surface area contributed by atoms with Crippen molar-refractivity contribution in [2.24, 2.45) is 45.3 Å². The zero-order chi connectivity index (χ0) is 38.5. The van der Waals surface area contributed by atoms with Gasteiger partial charge in [0.1, 0.15) is 11.9 Å². The van der Waals surface area contributed by atoms with Crippen LogP contribution in [0.2, 0.25) is 0 Å². The highest BCUT2D eigenvalue weighted by molar-refractivity contribution is 7.87. The molecule has 0 aromatic heterocycles. The molecule has 5 rings (SSSR count). The number of halogens is 3. The molecule has 1 fully saturated rings. The fraction of sp³-hybridized carbons (Fsp3) is 0.707. The third-order valence-electron chi connectivity index (χ3n) is 13.5. The summed E-state index contributed by atoms with van der Waals surface area (Å²) in [5.74, 6) is -1.08. The Hall–Kier alpha value is -2.82. The first kappa shape index (κ1) is 40.4. The summed E-state index contributed by atoms with van der Waals surface area (Å²) in [4.78, 5) is 26.9. The number of esters is 2. The van der Waals surface area contributed by atoms with Gasteiger partial charge in [-0.15, -0.1) is 0 Å². The van der Waals surface area contributed by atoms with Crippen molar-refractivity contribution in [2.45, 2.75) is 131 Å². The van der Waals surface area contributed by atoms with Crippen LogP contribution in [-0.4, -0.2) is 38.6 Å². The molecule has 7 atom stereocenters. The number of fused-ring (bicyclic) bond motifs is 4. The molecular formula is C41H57F3O7S. The van der Waals surface area contributed by atoms with Crippen LogP contribution in [0.5, 0.6) is 0 Å². The van der Waals surface area contributed by atoms with Gasteiger partial charge in [0.2, 0.25) is 0 Å². The van der Waals surface area contributed by atoms with E-state index in [1.54, 1.807) is 37.3 Å². The van der Waals surface area contributed by atoms with E-state index < -0.39 is 43.3 Å². The molecule has 1 unspecified atom stereocenters. The summed E-state index contributed by atoms with van der Waals surface area (Å²) in [6.07, 6.45) is 7.15. The normalized spacial score (nSPS) is 31.9. The second-order valence-corrected chi connectivity index (χ2v) is 18.8. The highest BCUT2D eigenvalue weighted by Crippen LogP contribution is 2.74. The quantitative estimate of drug-likeness (QED) is 0.0908. The van der Waals surface area contributed by atoms with Crippen LogP contribution in [-0.2, 0) is 28.6 Å². The van der Waals surface area contributed by atoms with Crippen molar-refractivity contribution >= 4 is 22.1 Å². The minimum atomic E-state index is -6.05. The van der Waals surface area contributed by atoms with Crippen molar-refractivity contribution in [3.63, 3.8) is 0 Å². The molecule has 290 valence electrons. The molecule has 7 nitrogen and oxygen atoms in total. The molecule has 0 heterocycles. The van der Waals surface area contributed by atoms with Crippen LogP contribution < -0.4 is 0 Å². The Morgan fingerprint density at radius 1 is 0.942 bits per heavy atom. The third-order valence-corrected chi connectivity index (χ3v) is 14.5. The summed E-state index contributed by atoms with van der Waals surface area (Å²) in [6, 6.07) is 8.89. The number of hydrogen-bond donors (Lipinski definition) is 0. The van der Waals surface area contributed by atoms with Gasteiger partial charge in [-0.25, -0.2) is 4.79 Å². The number of alkyl halides is 3. The van der Waals surface area contributed by atoms with E-state index in [0.29, 0.717) is 50.0 Å². The van der Waals surface area contributed by atoms with Gasteiger partial charge in [0.15, 0.2) is 0 Å². The fourth-order valence-electron chi connectivity index (χ4n) is 11.0. The van der Waals surface area contributed by atoms with Crippen molar-refractivity contribution in [2.75, 3.05) is 6.61 Å². The van der Waals surface area contributed by atoms with E-state index in [1.165, 1.54) is 0 Å². The Morgan fingerprint density at radius 3 is 2.23 bits per heavy atom. The van der Waals surface area contributed by atoms with Crippen molar-refractivity contribution in [1.82, 2.24) is 0 Å². The smallest absolute Gasteiger partial charge is 0.466 e. The highest BCUT2D eigenvalue weighted by Gasteiger charge is 2.69. The lowest BCUT2D eigenvalue weighted by molar-refractivity contribution is -0.149. The van der Waals surface area contributed by atoms with Crippen LogP contribution in [0.3, 0.4) is 0 Å². The summed E-state index contributed by atoms with van der Waals surface area (Å²) in [6.45, 7) is 16.6. The van der Waals surface area contributed by atoms with Gasteiger partial charge in [0.25, 0.3) is 0 Å². The third kappa shape index (κ3) is 6.85. The summed E-state index contributed by atoms with van der Waals surface area (Å²) >= 11 is 0. The number of hydrogen-bond acceptors (Lipinski definition) is 7. The molecule has 0 aliphatic heterocycles. The van der Waals surface area contributed by atoms with Gasteiger partial charge in [0, 0.05) is 5.41 Å². The van der Waals surface area contributed by atoms with Gasteiger partial charge in [-0.05, 0) is 98.2 Å². The van der Waals surface area contributed by atoms with Gasteiger partial charge < -0.3 is 13.7 Å². The Balaban J connectivity index is 1.63. The number of rotatable bonds is 12. The summed E-state index contributed by atoms with van der Waals surface area (Å²) in [7, 11) is -6.05. The predicted molar refractivity (Wildman–Crippen MR) is 193 cm³/mol. The monoisotopic (exact) mass is 750 g/mol. The zero-order valence-electron chi connectivity index (χ0n) is 32.0. The Kier molecular flexibility index (Phi) is 11.2. The van der Waals surface area contributed by atoms with E-state index >= 15 is 0 Å². The Labute approximate surface area is 308 Å². The summed E-state index contributed by atoms with van der Waals surface area (Å²) in [5.41, 5.74) is -6.43. The molecule has 52 heavy (non-hydrogen) atoms. The van der Waals surface area contributed by atoms with Crippen molar-refractivity contribution in [3.05, 3.63) is 58.9 Å². The van der Waals surface area contributed by atoms with E-state index in [0.717, 1.165) is 30.4 Å². The largest absolute Gasteiger partial charge is 0.534 e. The topological polar surface area (TPSA) is 96.0 Å². The number of ether oxygens (including phenoxy) is 2. The molecule has 11 heteroatoms. The first-order valence-electron chi connectivity index (χ1n) is 19.0. The maximum Gasteiger partial charge on any atom is 0.534 e. The van der Waals surface area contributed by atoms with Crippen LogP contribution in [0, 0.1) is 45.3 Å². The van der Waals surface area contributed by atoms with Crippen LogP contribution >= 0.6 is 0 Å². The number of benzene rings is 1. The van der Waals surface area contributed by atoms with E-state index in [-0.39, 0.29) is 48.6 Å². The SMILES string of the molecule is CCOC(=O)C[C@@]12C(OS(=O)(=O)C(F)(F)F)=C[C@H]([C@H](C)CCCC(C)C)[C@@]1(C)CCC1=C2CCC2C(C)(C)[C@@H](OC(=O)c3ccccc3)CC[C@]12C. The number of carbonyl (C=O) groups is 2. The lowest BCUT2D eigenvalue weighted by Crippen LogP contribution is -2.57. The lowest BCUT2D eigenvalue weighted by Gasteiger charge is -2.62. The number of allylic oxidation sites excluding steroid dienone is 3. The molecular weight excluding hydrogens is 694 g/mol. The summed E-state index contributed by atoms with van der Waals surface area (Å²) < 4.78 is 84.9. The predicted octanol–water partition coefficient (Wildman–Crippen LogP) is 10.3. The molecule has 0 radical (unpaired) electrons. The summed E-state index contributed by atoms with van der Waals surface area (Å²) in [5, 5.41) is 0. The molecule has 0 saturated heterocycles. The second-order valence-electron chi connectivity index (χ2n) is 17.2. The van der Waals surface area contributed by atoms with Crippen LogP contribution in [0.1, 0.15) is 130 Å². The van der Waals surface area contributed by atoms with E-state index in [9.17, 15) is 31.2 Å². The average Bonchev–Trinajstić information content (AvgIpc) is 3.29. The lowest BCUT2D eigenvalue weighted by atomic mass is 9.42. The van der Waals surface area contributed by atoms with Gasteiger partial charge >= 0.3 is 27.6 Å². The minimum absolute atomic E-state index is 0.0113. The van der Waals surface area contributed by atoms with Crippen molar-refractivity contribution in [3.8, 4) is 0 Å². The molecule has 1 aromatic carbocycles. The average molecular weight is 751 g/mol. The Bertz CT molecular complexity index is 1680. The van der Waals surface area contributed by atoms with Gasteiger partial charge in [-0.3, -0.25) is 4.79 Å². The molecule has 4 aliphatic carbocycles. The molecule has 0 N–H and O–H groups in total. The van der Waals surface area contributed by atoms with Crippen LogP contribution in [0.4, 0.5) is 13.2 Å². The molecule has 0 amide bonds.